The smallest absolute Gasteiger partial charge is 0.255 e. The molecule has 172 valence electrons. The maximum absolute atomic E-state index is 13.5. The molecular formula is C28H27FN4O. The first-order valence-corrected chi connectivity index (χ1v) is 11.1. The number of carbonyl (C=O) groups excluding carboxylic acids is 1. The molecule has 1 amide bonds. The molecule has 3 aromatic carbocycles. The third-order valence-electron chi connectivity index (χ3n) is 5.68. The lowest BCUT2D eigenvalue weighted by molar-refractivity contribution is 0.102. The highest BCUT2D eigenvalue weighted by Gasteiger charge is 2.16. The molecule has 0 unspecified atom stereocenters. The maximum Gasteiger partial charge on any atom is 0.255 e. The predicted molar refractivity (Wildman–Crippen MR) is 135 cm³/mol. The Balaban J connectivity index is 1.56. The maximum atomic E-state index is 13.5. The van der Waals surface area contributed by atoms with Crippen molar-refractivity contribution < 1.29 is 9.18 Å². The van der Waals surface area contributed by atoms with Gasteiger partial charge in [-0.1, -0.05) is 24.3 Å². The van der Waals surface area contributed by atoms with Gasteiger partial charge in [0.15, 0.2) is 0 Å². The summed E-state index contributed by atoms with van der Waals surface area (Å²) >= 11 is 0. The van der Waals surface area contributed by atoms with Crippen molar-refractivity contribution >= 4 is 23.0 Å². The normalized spacial score (nSPS) is 11.4. The van der Waals surface area contributed by atoms with Crippen molar-refractivity contribution in [3.63, 3.8) is 0 Å². The summed E-state index contributed by atoms with van der Waals surface area (Å²) in [5.74, 6) is -0.486. The fourth-order valence-electron chi connectivity index (χ4n) is 3.72. The molecule has 5 nitrogen and oxygen atoms in total. The van der Waals surface area contributed by atoms with Crippen molar-refractivity contribution in [1.29, 1.82) is 0 Å². The van der Waals surface area contributed by atoms with Crippen LogP contribution in [-0.2, 0) is 6.54 Å². The zero-order valence-electron chi connectivity index (χ0n) is 19.5. The Morgan fingerprint density at radius 2 is 1.82 bits per heavy atom. The average Bonchev–Trinajstić information content (AvgIpc) is 3.35. The minimum absolute atomic E-state index is 0.196. The Hall–Kier alpha value is -4.19. The highest BCUT2D eigenvalue weighted by molar-refractivity contribution is 6.05. The van der Waals surface area contributed by atoms with Crippen LogP contribution in [0.2, 0.25) is 0 Å². The lowest BCUT2D eigenvalue weighted by atomic mass is 10.1. The number of aryl methyl sites for hydroxylation is 1. The topological polar surface area (TPSA) is 50.2 Å². The first kappa shape index (κ1) is 23.0. The van der Waals surface area contributed by atoms with E-state index >= 15 is 0 Å². The van der Waals surface area contributed by atoms with E-state index in [0.29, 0.717) is 12.1 Å². The van der Waals surface area contributed by atoms with Crippen LogP contribution in [0.25, 0.3) is 0 Å². The second-order valence-electron chi connectivity index (χ2n) is 8.10. The summed E-state index contributed by atoms with van der Waals surface area (Å²) < 4.78 is 15.4. The molecule has 0 radical (unpaired) electrons. The van der Waals surface area contributed by atoms with Crippen molar-refractivity contribution in [2.45, 2.75) is 27.3 Å². The summed E-state index contributed by atoms with van der Waals surface area (Å²) in [6.45, 7) is 6.61. The number of allylic oxidation sites excluding steroid dienone is 2. The molecule has 0 spiro atoms. The van der Waals surface area contributed by atoms with E-state index in [4.69, 9.17) is 0 Å². The van der Waals surface area contributed by atoms with E-state index in [9.17, 15) is 9.18 Å². The predicted octanol–water partition coefficient (Wildman–Crippen LogP) is 6.69. The molecule has 0 bridgehead atoms. The molecule has 0 saturated heterocycles. The van der Waals surface area contributed by atoms with Crippen LogP contribution in [0.4, 0.5) is 21.5 Å². The third-order valence-corrected chi connectivity index (χ3v) is 5.68. The van der Waals surface area contributed by atoms with Crippen LogP contribution in [0.3, 0.4) is 0 Å². The first-order chi connectivity index (χ1) is 16.4. The fraction of sp³-hybridized carbons (Fsp3) is 0.143. The van der Waals surface area contributed by atoms with Crippen LogP contribution in [0.1, 0.15) is 35.3 Å². The molecule has 4 rings (SSSR count). The largest absolute Gasteiger partial charge is 0.322 e. The molecule has 4 aromatic rings. The number of amides is 1. The number of hydrogen-bond donors (Lipinski definition) is 1. The van der Waals surface area contributed by atoms with E-state index in [1.54, 1.807) is 18.3 Å². The van der Waals surface area contributed by atoms with Gasteiger partial charge in [0, 0.05) is 40.7 Å². The van der Waals surface area contributed by atoms with Gasteiger partial charge in [-0.3, -0.25) is 9.48 Å². The van der Waals surface area contributed by atoms with Gasteiger partial charge in [-0.05, 0) is 86.5 Å². The minimum Gasteiger partial charge on any atom is -0.322 e. The number of rotatable bonds is 7. The summed E-state index contributed by atoms with van der Waals surface area (Å²) in [7, 11) is 0. The number of nitrogens with one attached hydrogen (secondary N) is 1. The second-order valence-corrected chi connectivity index (χ2v) is 8.10. The summed E-state index contributed by atoms with van der Waals surface area (Å²) in [5, 5.41) is 7.19. The standard InChI is InChI=1S/C28H27FN4O/c1-4-21(3)33(26-14-10-24(29)11-15-26)27-18-23(9-6-20(27)2)28(34)31-25-12-7-22(8-13-25)19-32-17-5-16-30-32/h4-18H,19H2,1-3H3,(H,31,34)/b21-4-. The van der Waals surface area contributed by atoms with Gasteiger partial charge in [0.2, 0.25) is 0 Å². The second kappa shape index (κ2) is 10.2. The van der Waals surface area contributed by atoms with E-state index in [1.165, 1.54) is 12.1 Å². The van der Waals surface area contributed by atoms with Crippen molar-refractivity contribution in [2.24, 2.45) is 0 Å². The first-order valence-electron chi connectivity index (χ1n) is 11.1. The van der Waals surface area contributed by atoms with Crippen LogP contribution in [0.15, 0.2) is 97.0 Å². The Morgan fingerprint density at radius 1 is 1.09 bits per heavy atom. The zero-order chi connectivity index (χ0) is 24.1. The Morgan fingerprint density at radius 3 is 2.47 bits per heavy atom. The lowest BCUT2D eigenvalue weighted by Gasteiger charge is -2.28. The van der Waals surface area contributed by atoms with E-state index in [1.807, 2.05) is 91.2 Å². The van der Waals surface area contributed by atoms with Gasteiger partial charge in [-0.2, -0.15) is 5.10 Å². The molecule has 0 saturated carbocycles. The van der Waals surface area contributed by atoms with Crippen molar-refractivity contribution in [2.75, 3.05) is 10.2 Å². The van der Waals surface area contributed by atoms with Gasteiger partial charge in [0.05, 0.1) is 6.54 Å². The van der Waals surface area contributed by atoms with Crippen LogP contribution in [-0.4, -0.2) is 15.7 Å². The van der Waals surface area contributed by atoms with Crippen molar-refractivity contribution in [1.82, 2.24) is 9.78 Å². The quantitative estimate of drug-likeness (QED) is 0.338. The molecule has 0 fully saturated rings. The monoisotopic (exact) mass is 454 g/mol. The molecule has 1 heterocycles. The SMILES string of the molecule is C/C=C(/C)N(c1ccc(F)cc1)c1cc(C(=O)Nc2ccc(Cn3cccn3)cc2)ccc1C. The van der Waals surface area contributed by atoms with Crippen LogP contribution >= 0.6 is 0 Å². The van der Waals surface area contributed by atoms with E-state index in [0.717, 1.165) is 33.9 Å². The number of hydrogen-bond acceptors (Lipinski definition) is 3. The molecule has 0 atom stereocenters. The summed E-state index contributed by atoms with van der Waals surface area (Å²) in [5.41, 5.74) is 6.02. The van der Waals surface area contributed by atoms with Crippen molar-refractivity contribution in [3.8, 4) is 0 Å². The minimum atomic E-state index is -0.290. The lowest BCUT2D eigenvalue weighted by Crippen LogP contribution is -2.18. The van der Waals surface area contributed by atoms with Crippen LogP contribution < -0.4 is 10.2 Å². The Bertz CT molecular complexity index is 1290. The van der Waals surface area contributed by atoms with Gasteiger partial charge in [-0.25, -0.2) is 4.39 Å². The summed E-state index contributed by atoms with van der Waals surface area (Å²) in [4.78, 5) is 15.1. The number of aromatic nitrogens is 2. The molecule has 0 aliphatic heterocycles. The van der Waals surface area contributed by atoms with Gasteiger partial charge in [0.1, 0.15) is 5.82 Å². The van der Waals surface area contributed by atoms with Gasteiger partial charge in [0.25, 0.3) is 5.91 Å². The Labute approximate surface area is 199 Å². The van der Waals surface area contributed by atoms with E-state index in [-0.39, 0.29) is 11.7 Å². The number of carbonyl (C=O) groups is 1. The highest BCUT2D eigenvalue weighted by Crippen LogP contribution is 2.33. The van der Waals surface area contributed by atoms with Crippen LogP contribution in [0, 0.1) is 12.7 Å². The van der Waals surface area contributed by atoms with Crippen molar-refractivity contribution in [3.05, 3.63) is 119 Å². The molecule has 0 aliphatic rings. The highest BCUT2D eigenvalue weighted by atomic mass is 19.1. The number of halogens is 1. The molecule has 0 aliphatic carbocycles. The summed E-state index contributed by atoms with van der Waals surface area (Å²) in [6, 6.07) is 21.6. The molecule has 1 N–H and O–H groups in total. The summed E-state index contributed by atoms with van der Waals surface area (Å²) in [6.07, 6.45) is 5.65. The molecular weight excluding hydrogens is 427 g/mol. The number of benzene rings is 3. The molecule has 1 aromatic heterocycles. The van der Waals surface area contributed by atoms with E-state index < -0.39 is 0 Å². The third kappa shape index (κ3) is 5.23. The average molecular weight is 455 g/mol. The Kier molecular flexibility index (Phi) is 6.87. The number of nitrogens with zero attached hydrogens (tertiary/aromatic N) is 3. The zero-order valence-corrected chi connectivity index (χ0v) is 19.5. The fourth-order valence-corrected chi connectivity index (χ4v) is 3.72. The van der Waals surface area contributed by atoms with Gasteiger partial charge in [-0.15, -0.1) is 0 Å². The number of anilines is 3. The van der Waals surface area contributed by atoms with Gasteiger partial charge >= 0.3 is 0 Å². The molecule has 6 heteroatoms. The van der Waals surface area contributed by atoms with E-state index in [2.05, 4.69) is 10.4 Å². The van der Waals surface area contributed by atoms with Gasteiger partial charge < -0.3 is 10.2 Å². The van der Waals surface area contributed by atoms with Crippen LogP contribution in [0.5, 0.6) is 0 Å². The molecule has 34 heavy (non-hydrogen) atoms.